The lowest BCUT2D eigenvalue weighted by molar-refractivity contribution is 0.213. The summed E-state index contributed by atoms with van der Waals surface area (Å²) in [5.41, 5.74) is 1.28. The maximum atomic E-state index is 12.9. The van der Waals surface area contributed by atoms with E-state index in [9.17, 15) is 4.21 Å². The molecular weight excluding hydrogens is 302 g/mol. The Kier molecular flexibility index (Phi) is 5.87. The van der Waals surface area contributed by atoms with Gasteiger partial charge in [0.05, 0.1) is 11.0 Å². The Morgan fingerprint density at radius 2 is 2.10 bits per heavy atom. The summed E-state index contributed by atoms with van der Waals surface area (Å²) in [5, 5.41) is 4.46. The Balaban J connectivity index is 2.12. The molecule has 0 spiro atoms. The molecule has 0 saturated heterocycles. The van der Waals surface area contributed by atoms with E-state index in [2.05, 4.69) is 26.1 Å². The van der Waals surface area contributed by atoms with Gasteiger partial charge in [-0.1, -0.05) is 50.6 Å². The van der Waals surface area contributed by atoms with E-state index in [1.165, 1.54) is 6.42 Å². The van der Waals surface area contributed by atoms with Gasteiger partial charge in [0.15, 0.2) is 0 Å². The molecule has 0 aromatic heterocycles. The first-order chi connectivity index (χ1) is 9.93. The molecule has 1 fully saturated rings. The molecule has 2 nitrogen and oxygen atoms in total. The van der Waals surface area contributed by atoms with Crippen molar-refractivity contribution in [2.75, 3.05) is 6.54 Å². The van der Waals surface area contributed by atoms with Gasteiger partial charge in [0, 0.05) is 21.9 Å². The van der Waals surface area contributed by atoms with Crippen molar-refractivity contribution in [3.05, 3.63) is 34.9 Å². The lowest BCUT2D eigenvalue weighted by Crippen LogP contribution is -2.48. The molecule has 0 radical (unpaired) electrons. The van der Waals surface area contributed by atoms with Crippen LogP contribution in [-0.2, 0) is 16.6 Å². The highest BCUT2D eigenvalue weighted by Crippen LogP contribution is 2.38. The van der Waals surface area contributed by atoms with Crippen LogP contribution in [-0.4, -0.2) is 22.0 Å². The van der Waals surface area contributed by atoms with Crippen molar-refractivity contribution >= 4 is 22.4 Å². The van der Waals surface area contributed by atoms with Crippen molar-refractivity contribution in [3.63, 3.8) is 0 Å². The van der Waals surface area contributed by atoms with E-state index in [4.69, 9.17) is 11.6 Å². The Morgan fingerprint density at radius 1 is 1.38 bits per heavy atom. The van der Waals surface area contributed by atoms with Gasteiger partial charge in [-0.3, -0.25) is 4.21 Å². The van der Waals surface area contributed by atoms with E-state index >= 15 is 0 Å². The molecule has 1 aromatic rings. The van der Waals surface area contributed by atoms with Crippen LogP contribution in [0, 0.1) is 5.41 Å². The largest absolute Gasteiger partial charge is 0.313 e. The molecular formula is C17H26ClNOS. The van der Waals surface area contributed by atoms with Crippen LogP contribution in [0.1, 0.15) is 45.6 Å². The zero-order chi connectivity index (χ0) is 15.5. The summed E-state index contributed by atoms with van der Waals surface area (Å²) in [6, 6.07) is 8.11. The summed E-state index contributed by atoms with van der Waals surface area (Å²) in [6.07, 6.45) is 3.33. The minimum atomic E-state index is -0.893. The molecule has 118 valence electrons. The van der Waals surface area contributed by atoms with Crippen LogP contribution in [0.4, 0.5) is 0 Å². The average Bonchev–Trinajstić information content (AvgIpc) is 2.43. The number of hydrogen-bond acceptors (Lipinski definition) is 2. The first-order valence-electron chi connectivity index (χ1n) is 7.77. The van der Waals surface area contributed by atoms with E-state index in [1.54, 1.807) is 0 Å². The van der Waals surface area contributed by atoms with Crippen molar-refractivity contribution in [2.24, 2.45) is 5.41 Å². The number of hydrogen-bond donors (Lipinski definition) is 1. The number of nitrogens with one attached hydrogen (secondary N) is 1. The lowest BCUT2D eigenvalue weighted by Gasteiger charge is -2.40. The topological polar surface area (TPSA) is 29.1 Å². The molecule has 0 bridgehead atoms. The third-order valence-corrected chi connectivity index (χ3v) is 6.53. The highest BCUT2D eigenvalue weighted by Gasteiger charge is 2.37. The standard InChI is InChI=1S/C17H26ClNOS/c1-4-19-15-9-10-17(2,3)11-16(15)21(20)12-13-7-5-6-8-14(13)18/h5-8,15-16,19H,4,9-12H2,1-3H3. The van der Waals surface area contributed by atoms with Gasteiger partial charge >= 0.3 is 0 Å². The van der Waals surface area contributed by atoms with E-state index in [0.29, 0.717) is 11.8 Å². The van der Waals surface area contributed by atoms with Gasteiger partial charge in [-0.25, -0.2) is 0 Å². The number of rotatable bonds is 5. The third-order valence-electron chi connectivity index (χ3n) is 4.39. The summed E-state index contributed by atoms with van der Waals surface area (Å²) in [5.74, 6) is 0.558. The minimum absolute atomic E-state index is 0.213. The van der Waals surface area contributed by atoms with E-state index in [0.717, 1.165) is 30.0 Å². The zero-order valence-corrected chi connectivity index (χ0v) is 14.8. The second kappa shape index (κ2) is 7.26. The molecule has 1 saturated carbocycles. The number of benzene rings is 1. The van der Waals surface area contributed by atoms with Crippen LogP contribution in [0.2, 0.25) is 5.02 Å². The first kappa shape index (κ1) is 17.0. The molecule has 0 aliphatic heterocycles. The van der Waals surface area contributed by atoms with Crippen molar-refractivity contribution in [1.29, 1.82) is 0 Å². The van der Waals surface area contributed by atoms with E-state index in [1.807, 2.05) is 24.3 Å². The van der Waals surface area contributed by atoms with Crippen LogP contribution in [0.25, 0.3) is 0 Å². The Morgan fingerprint density at radius 3 is 2.76 bits per heavy atom. The fourth-order valence-electron chi connectivity index (χ4n) is 3.17. The van der Waals surface area contributed by atoms with E-state index in [-0.39, 0.29) is 10.7 Å². The zero-order valence-electron chi connectivity index (χ0n) is 13.2. The monoisotopic (exact) mass is 327 g/mol. The second-order valence-corrected chi connectivity index (χ2v) is 8.79. The maximum absolute atomic E-state index is 12.9. The Labute approximate surface area is 136 Å². The second-order valence-electron chi connectivity index (χ2n) is 6.73. The molecule has 21 heavy (non-hydrogen) atoms. The summed E-state index contributed by atoms with van der Waals surface area (Å²) in [7, 11) is -0.893. The maximum Gasteiger partial charge on any atom is 0.0509 e. The molecule has 4 heteroatoms. The van der Waals surface area contributed by atoms with Crippen molar-refractivity contribution in [2.45, 2.75) is 57.1 Å². The smallest absolute Gasteiger partial charge is 0.0509 e. The highest BCUT2D eigenvalue weighted by atomic mass is 35.5. The van der Waals surface area contributed by atoms with Gasteiger partial charge in [0.2, 0.25) is 0 Å². The molecule has 3 unspecified atom stereocenters. The summed E-state index contributed by atoms with van der Waals surface area (Å²) >= 11 is 6.21. The van der Waals surface area contributed by atoms with Gasteiger partial charge < -0.3 is 5.32 Å². The van der Waals surface area contributed by atoms with Gasteiger partial charge in [-0.2, -0.15) is 0 Å². The van der Waals surface area contributed by atoms with Gasteiger partial charge in [0.1, 0.15) is 0 Å². The summed E-state index contributed by atoms with van der Waals surface area (Å²) in [6.45, 7) is 7.63. The fraction of sp³-hybridized carbons (Fsp3) is 0.647. The molecule has 2 rings (SSSR count). The quantitative estimate of drug-likeness (QED) is 0.880. The molecule has 3 atom stereocenters. The predicted molar refractivity (Wildman–Crippen MR) is 92.2 cm³/mol. The minimum Gasteiger partial charge on any atom is -0.313 e. The molecule has 1 aromatic carbocycles. The summed E-state index contributed by atoms with van der Waals surface area (Å²) < 4.78 is 12.9. The van der Waals surface area contributed by atoms with E-state index < -0.39 is 10.8 Å². The molecule has 1 aliphatic rings. The van der Waals surface area contributed by atoms with Crippen LogP contribution in [0.15, 0.2) is 24.3 Å². The SMILES string of the molecule is CCNC1CCC(C)(C)CC1S(=O)Cc1ccccc1Cl. The lowest BCUT2D eigenvalue weighted by atomic mass is 9.75. The first-order valence-corrected chi connectivity index (χ1v) is 9.53. The normalized spacial score (nSPS) is 26.5. The Bertz CT molecular complexity index is 503. The van der Waals surface area contributed by atoms with Gasteiger partial charge in [-0.05, 0) is 42.9 Å². The molecule has 1 aliphatic carbocycles. The van der Waals surface area contributed by atoms with Crippen molar-refractivity contribution in [1.82, 2.24) is 5.32 Å². The summed E-state index contributed by atoms with van der Waals surface area (Å²) in [4.78, 5) is 0. The van der Waals surface area contributed by atoms with Crippen LogP contribution < -0.4 is 5.32 Å². The van der Waals surface area contributed by atoms with Gasteiger partial charge in [0.25, 0.3) is 0 Å². The molecule has 1 N–H and O–H groups in total. The van der Waals surface area contributed by atoms with Gasteiger partial charge in [-0.15, -0.1) is 0 Å². The van der Waals surface area contributed by atoms with Crippen molar-refractivity contribution < 1.29 is 4.21 Å². The van der Waals surface area contributed by atoms with Crippen LogP contribution in [0.3, 0.4) is 0 Å². The number of halogens is 1. The third kappa shape index (κ3) is 4.54. The molecule has 0 amide bonds. The predicted octanol–water partition coefficient (Wildman–Crippen LogP) is 4.15. The average molecular weight is 328 g/mol. The highest BCUT2D eigenvalue weighted by molar-refractivity contribution is 7.84. The van der Waals surface area contributed by atoms with Crippen molar-refractivity contribution in [3.8, 4) is 0 Å². The fourth-order valence-corrected chi connectivity index (χ4v) is 5.46. The van der Waals surface area contributed by atoms with Crippen LogP contribution in [0.5, 0.6) is 0 Å². The van der Waals surface area contributed by atoms with Crippen LogP contribution >= 0.6 is 11.6 Å². The Hall–Kier alpha value is -0.380. The molecule has 0 heterocycles.